The molecule has 2 N–H and O–H groups in total. The zero-order valence-electron chi connectivity index (χ0n) is 15.4. The number of ether oxygens (including phenoxy) is 1. The van der Waals surface area contributed by atoms with Gasteiger partial charge in [-0.1, -0.05) is 12.1 Å². The van der Waals surface area contributed by atoms with Gasteiger partial charge in [-0.3, -0.25) is 19.7 Å². The van der Waals surface area contributed by atoms with Crippen molar-refractivity contribution in [2.45, 2.75) is 39.2 Å². The lowest BCUT2D eigenvalue weighted by molar-refractivity contribution is -0.152. The Morgan fingerprint density at radius 3 is 2.67 bits per heavy atom. The Labute approximate surface area is 157 Å². The smallest absolute Gasteiger partial charge is 0.321 e. The molecule has 1 aromatic rings. The number of hydrogen-bond acceptors (Lipinski definition) is 5. The van der Waals surface area contributed by atoms with Gasteiger partial charge in [-0.25, -0.2) is 4.79 Å². The third-order valence-corrected chi connectivity index (χ3v) is 4.84. The molecule has 8 nitrogen and oxygen atoms in total. The number of amides is 4. The first-order valence-corrected chi connectivity index (χ1v) is 8.98. The number of carbonyl (C=O) groups is 4. The minimum absolute atomic E-state index is 0.0377. The zero-order valence-corrected chi connectivity index (χ0v) is 15.4. The second kappa shape index (κ2) is 7.77. The number of rotatable bonds is 5. The van der Waals surface area contributed by atoms with Crippen LogP contribution in [-0.2, 0) is 19.1 Å². The number of esters is 1. The number of hydrogen-bond donors (Lipinski definition) is 2. The molecule has 2 fully saturated rings. The van der Waals surface area contributed by atoms with Crippen LogP contribution in [0.1, 0.15) is 30.4 Å². The molecule has 0 radical (unpaired) electrons. The molecule has 1 aromatic carbocycles. The highest BCUT2D eigenvalue weighted by molar-refractivity contribution is 6.00. The van der Waals surface area contributed by atoms with Gasteiger partial charge in [0.05, 0.1) is 5.92 Å². The van der Waals surface area contributed by atoms with E-state index < -0.39 is 30.4 Å². The number of imide groups is 1. The number of nitrogens with one attached hydrogen (secondary N) is 2. The van der Waals surface area contributed by atoms with Gasteiger partial charge in [0, 0.05) is 24.7 Å². The molecule has 0 spiro atoms. The molecule has 1 aliphatic heterocycles. The van der Waals surface area contributed by atoms with Crippen molar-refractivity contribution >= 4 is 29.5 Å². The molecular weight excluding hydrogens is 350 g/mol. The summed E-state index contributed by atoms with van der Waals surface area (Å²) >= 11 is 0. The number of urea groups is 1. The van der Waals surface area contributed by atoms with E-state index in [1.807, 2.05) is 32.0 Å². The van der Waals surface area contributed by atoms with Crippen LogP contribution in [-0.4, -0.2) is 43.0 Å². The first-order valence-electron chi connectivity index (χ1n) is 8.98. The summed E-state index contributed by atoms with van der Waals surface area (Å²) in [5.74, 6) is -2.10. The summed E-state index contributed by atoms with van der Waals surface area (Å²) < 4.78 is 4.99. The van der Waals surface area contributed by atoms with Crippen LogP contribution >= 0.6 is 0 Å². The fourth-order valence-corrected chi connectivity index (χ4v) is 2.99. The van der Waals surface area contributed by atoms with Crippen molar-refractivity contribution in [3.05, 3.63) is 29.3 Å². The molecule has 144 valence electrons. The van der Waals surface area contributed by atoms with Gasteiger partial charge in [0.25, 0.3) is 5.91 Å². The summed E-state index contributed by atoms with van der Waals surface area (Å²) in [7, 11) is 0. The third kappa shape index (κ3) is 4.64. The van der Waals surface area contributed by atoms with Crippen LogP contribution in [0.25, 0.3) is 0 Å². The van der Waals surface area contributed by atoms with Crippen LogP contribution in [0, 0.1) is 19.8 Å². The molecule has 2 aliphatic rings. The van der Waals surface area contributed by atoms with Crippen LogP contribution < -0.4 is 15.5 Å². The molecule has 1 saturated heterocycles. The van der Waals surface area contributed by atoms with E-state index in [0.717, 1.165) is 29.7 Å². The van der Waals surface area contributed by atoms with E-state index in [-0.39, 0.29) is 24.9 Å². The lowest BCUT2D eigenvalue weighted by Crippen LogP contribution is -2.42. The summed E-state index contributed by atoms with van der Waals surface area (Å²) in [6, 6.07) is 5.22. The van der Waals surface area contributed by atoms with Crippen molar-refractivity contribution in [3.8, 4) is 0 Å². The average molecular weight is 373 g/mol. The number of anilines is 1. The SMILES string of the molecule is Cc1cccc(N2C[C@@H](C(=O)OCC(=O)NC(=O)NC3CC3)CC2=O)c1C. The number of benzene rings is 1. The Bertz CT molecular complexity index is 788. The predicted octanol–water partition coefficient (Wildman–Crippen LogP) is 1.19. The van der Waals surface area contributed by atoms with Crippen molar-refractivity contribution < 1.29 is 23.9 Å². The van der Waals surface area contributed by atoms with Crippen LogP contribution in [0.5, 0.6) is 0 Å². The van der Waals surface area contributed by atoms with E-state index in [2.05, 4.69) is 10.6 Å². The minimum atomic E-state index is -0.697. The van der Waals surface area contributed by atoms with Crippen LogP contribution in [0.15, 0.2) is 18.2 Å². The lowest BCUT2D eigenvalue weighted by atomic mass is 10.1. The van der Waals surface area contributed by atoms with Crippen LogP contribution in [0.2, 0.25) is 0 Å². The summed E-state index contributed by atoms with van der Waals surface area (Å²) in [5.41, 5.74) is 2.83. The largest absolute Gasteiger partial charge is 0.455 e. The molecule has 1 atom stereocenters. The molecule has 0 aromatic heterocycles. The lowest BCUT2D eigenvalue weighted by Gasteiger charge is -2.20. The molecule has 1 aliphatic carbocycles. The van der Waals surface area contributed by atoms with Gasteiger partial charge in [-0.2, -0.15) is 0 Å². The first-order chi connectivity index (χ1) is 12.8. The number of carbonyl (C=O) groups excluding carboxylic acids is 4. The Morgan fingerprint density at radius 1 is 1.22 bits per heavy atom. The molecule has 4 amide bonds. The predicted molar refractivity (Wildman–Crippen MR) is 97.0 cm³/mol. The zero-order chi connectivity index (χ0) is 19.6. The minimum Gasteiger partial charge on any atom is -0.455 e. The van der Waals surface area contributed by atoms with Gasteiger partial charge in [-0.05, 0) is 43.9 Å². The van der Waals surface area contributed by atoms with E-state index in [4.69, 9.17) is 4.74 Å². The third-order valence-electron chi connectivity index (χ3n) is 4.84. The number of aryl methyl sites for hydroxylation is 1. The molecule has 1 heterocycles. The van der Waals surface area contributed by atoms with E-state index in [1.165, 1.54) is 0 Å². The molecular formula is C19H23N3O5. The van der Waals surface area contributed by atoms with Crippen molar-refractivity contribution in [2.75, 3.05) is 18.1 Å². The summed E-state index contributed by atoms with van der Waals surface area (Å²) in [5, 5.41) is 4.72. The van der Waals surface area contributed by atoms with Crippen molar-refractivity contribution in [3.63, 3.8) is 0 Å². The summed E-state index contributed by atoms with van der Waals surface area (Å²) in [6.07, 6.45) is 1.85. The second-order valence-corrected chi connectivity index (χ2v) is 7.03. The number of nitrogens with zero attached hydrogens (tertiary/aromatic N) is 1. The average Bonchev–Trinajstić information content (AvgIpc) is 3.34. The second-order valence-electron chi connectivity index (χ2n) is 7.03. The van der Waals surface area contributed by atoms with Crippen molar-refractivity contribution in [1.82, 2.24) is 10.6 Å². The highest BCUT2D eigenvalue weighted by atomic mass is 16.5. The maximum atomic E-state index is 12.3. The van der Waals surface area contributed by atoms with Crippen LogP contribution in [0.3, 0.4) is 0 Å². The van der Waals surface area contributed by atoms with E-state index in [0.29, 0.717) is 0 Å². The van der Waals surface area contributed by atoms with Gasteiger partial charge in [0.2, 0.25) is 5.91 Å². The Kier molecular flexibility index (Phi) is 5.43. The molecule has 0 bridgehead atoms. The van der Waals surface area contributed by atoms with Crippen molar-refractivity contribution in [2.24, 2.45) is 5.92 Å². The van der Waals surface area contributed by atoms with E-state index in [1.54, 1.807) is 4.90 Å². The monoisotopic (exact) mass is 373 g/mol. The van der Waals surface area contributed by atoms with E-state index >= 15 is 0 Å². The van der Waals surface area contributed by atoms with Gasteiger partial charge in [0.1, 0.15) is 0 Å². The van der Waals surface area contributed by atoms with Gasteiger partial charge in [-0.15, -0.1) is 0 Å². The van der Waals surface area contributed by atoms with Gasteiger partial charge in [0.15, 0.2) is 6.61 Å². The standard InChI is InChI=1S/C19H23N3O5/c1-11-4-3-5-15(12(11)2)22-9-13(8-17(22)24)18(25)27-10-16(23)21-19(26)20-14-6-7-14/h3-5,13-14H,6-10H2,1-2H3,(H2,20,21,23,26)/t13-/m0/s1. The van der Waals surface area contributed by atoms with E-state index in [9.17, 15) is 19.2 Å². The van der Waals surface area contributed by atoms with Crippen LogP contribution in [0.4, 0.5) is 10.5 Å². The fraction of sp³-hybridized carbons (Fsp3) is 0.474. The highest BCUT2D eigenvalue weighted by Crippen LogP contribution is 2.29. The topological polar surface area (TPSA) is 105 Å². The quantitative estimate of drug-likeness (QED) is 0.755. The Hall–Kier alpha value is -2.90. The molecule has 0 unspecified atom stereocenters. The summed E-state index contributed by atoms with van der Waals surface area (Å²) in [4.78, 5) is 49.3. The molecule has 1 saturated carbocycles. The van der Waals surface area contributed by atoms with Crippen molar-refractivity contribution in [1.29, 1.82) is 0 Å². The molecule has 8 heteroatoms. The highest BCUT2D eigenvalue weighted by Gasteiger charge is 2.37. The Morgan fingerprint density at radius 2 is 1.96 bits per heavy atom. The normalized spacial score (nSPS) is 19.0. The summed E-state index contributed by atoms with van der Waals surface area (Å²) in [6.45, 7) is 3.56. The Balaban J connectivity index is 1.50. The van der Waals surface area contributed by atoms with Gasteiger partial charge >= 0.3 is 12.0 Å². The maximum absolute atomic E-state index is 12.3. The first kappa shape index (κ1) is 18.9. The molecule has 27 heavy (non-hydrogen) atoms. The van der Waals surface area contributed by atoms with Gasteiger partial charge < -0.3 is 15.0 Å². The fourth-order valence-electron chi connectivity index (χ4n) is 2.99. The maximum Gasteiger partial charge on any atom is 0.321 e. The molecule has 3 rings (SSSR count).